The van der Waals surface area contributed by atoms with Crippen LogP contribution in [0.5, 0.6) is 0 Å². The predicted molar refractivity (Wildman–Crippen MR) is 97.1 cm³/mol. The Hall–Kier alpha value is -3.26. The van der Waals surface area contributed by atoms with Gasteiger partial charge in [-0.1, -0.05) is 0 Å². The molecule has 0 aliphatic heterocycles. The fourth-order valence-corrected chi connectivity index (χ4v) is 2.84. The lowest BCUT2D eigenvalue weighted by Crippen LogP contribution is -2.25. The number of hydrogen-bond acceptors (Lipinski definition) is 4. The minimum Gasteiger partial charge on any atom is -0.352 e. The fourth-order valence-electron chi connectivity index (χ4n) is 2.84. The third-order valence-corrected chi connectivity index (χ3v) is 4.16. The number of nitrogens with two attached hydrogens (primary N) is 1. The van der Waals surface area contributed by atoms with E-state index in [1.165, 1.54) is 12.1 Å². The van der Waals surface area contributed by atoms with Gasteiger partial charge in [0.25, 0.3) is 5.91 Å². The van der Waals surface area contributed by atoms with Gasteiger partial charge >= 0.3 is 0 Å². The number of H-pyrrole nitrogens is 2. The number of rotatable bonds is 5. The molecule has 0 saturated carbocycles. The summed E-state index contributed by atoms with van der Waals surface area (Å²) < 4.78 is 13.4. The Morgan fingerprint density at radius 3 is 2.92 bits per heavy atom. The summed E-state index contributed by atoms with van der Waals surface area (Å²) in [6, 6.07) is 9.67. The molecule has 0 fully saturated rings. The lowest BCUT2D eigenvalue weighted by Gasteiger charge is -2.04. The highest BCUT2D eigenvalue weighted by Crippen LogP contribution is 2.27. The molecule has 1 amide bonds. The van der Waals surface area contributed by atoms with Gasteiger partial charge < -0.3 is 16.0 Å². The molecular weight excluding hydrogens is 335 g/mol. The van der Waals surface area contributed by atoms with Crippen molar-refractivity contribution in [2.45, 2.75) is 6.42 Å². The third-order valence-electron chi connectivity index (χ3n) is 4.16. The molecule has 0 radical (unpaired) electrons. The molecule has 4 aromatic rings. The van der Waals surface area contributed by atoms with Crippen molar-refractivity contribution in [3.05, 3.63) is 47.8 Å². The number of hydrogen-bond donors (Lipinski definition) is 4. The topological polar surface area (TPSA) is 112 Å². The van der Waals surface area contributed by atoms with Gasteiger partial charge in [0, 0.05) is 17.5 Å². The first-order valence-electron chi connectivity index (χ1n) is 8.28. The van der Waals surface area contributed by atoms with Gasteiger partial charge in [-0.2, -0.15) is 5.10 Å². The van der Waals surface area contributed by atoms with E-state index in [9.17, 15) is 9.18 Å². The molecule has 0 unspecified atom stereocenters. The van der Waals surface area contributed by atoms with Crippen LogP contribution in [-0.4, -0.2) is 39.2 Å². The van der Waals surface area contributed by atoms with Crippen LogP contribution < -0.4 is 11.1 Å². The normalized spacial score (nSPS) is 11.3. The number of fused-ring (bicyclic) bond motifs is 2. The molecule has 2 heterocycles. The number of carbonyl (C=O) groups is 1. The highest BCUT2D eigenvalue weighted by molar-refractivity contribution is 6.00. The van der Waals surface area contributed by atoms with Crippen LogP contribution in [-0.2, 0) is 0 Å². The molecule has 0 aliphatic carbocycles. The second-order valence-corrected chi connectivity index (χ2v) is 5.98. The monoisotopic (exact) mass is 352 g/mol. The maximum absolute atomic E-state index is 13.4. The lowest BCUT2D eigenvalue weighted by molar-refractivity contribution is 0.0953. The van der Waals surface area contributed by atoms with Gasteiger partial charge in [0.15, 0.2) is 5.82 Å². The SMILES string of the molecule is NCCCNC(=O)c1ccc2c(-c3nc4ccc(F)cc4[nH]3)n[nH]c2c1. The second kappa shape index (κ2) is 6.57. The van der Waals surface area contributed by atoms with Crippen LogP contribution in [0.15, 0.2) is 36.4 Å². The second-order valence-electron chi connectivity index (χ2n) is 5.98. The largest absolute Gasteiger partial charge is 0.352 e. The quantitative estimate of drug-likeness (QED) is 0.413. The van der Waals surface area contributed by atoms with E-state index in [1.807, 2.05) is 6.07 Å². The maximum atomic E-state index is 13.4. The minimum atomic E-state index is -0.329. The summed E-state index contributed by atoms with van der Waals surface area (Å²) in [5.74, 6) is 0.0533. The van der Waals surface area contributed by atoms with Gasteiger partial charge in [0.2, 0.25) is 0 Å². The van der Waals surface area contributed by atoms with Gasteiger partial charge in [0.1, 0.15) is 11.5 Å². The van der Waals surface area contributed by atoms with Crippen molar-refractivity contribution in [2.24, 2.45) is 5.73 Å². The summed E-state index contributed by atoms with van der Waals surface area (Å²) in [5, 5.41) is 10.9. The van der Waals surface area contributed by atoms with Crippen molar-refractivity contribution in [3.63, 3.8) is 0 Å². The summed E-state index contributed by atoms with van der Waals surface area (Å²) in [6.07, 6.45) is 0.731. The molecule has 0 atom stereocenters. The van der Waals surface area contributed by atoms with Crippen LogP contribution in [0, 0.1) is 5.82 Å². The number of carbonyl (C=O) groups excluding carboxylic acids is 1. The van der Waals surface area contributed by atoms with E-state index < -0.39 is 0 Å². The van der Waals surface area contributed by atoms with Crippen LogP contribution >= 0.6 is 0 Å². The smallest absolute Gasteiger partial charge is 0.251 e. The van der Waals surface area contributed by atoms with Crippen LogP contribution in [0.2, 0.25) is 0 Å². The molecule has 0 aliphatic rings. The summed E-state index contributed by atoms with van der Waals surface area (Å²) in [7, 11) is 0. The molecule has 8 heteroatoms. The molecule has 4 rings (SSSR count). The Balaban J connectivity index is 1.67. The Bertz CT molecular complexity index is 1100. The van der Waals surface area contributed by atoms with Crippen molar-refractivity contribution in [3.8, 4) is 11.5 Å². The van der Waals surface area contributed by atoms with Crippen LogP contribution in [0.4, 0.5) is 4.39 Å². The molecule has 2 aromatic carbocycles. The number of nitrogens with zero attached hydrogens (tertiary/aromatic N) is 2. The van der Waals surface area contributed by atoms with E-state index in [1.54, 1.807) is 18.2 Å². The fraction of sp³-hybridized carbons (Fsp3) is 0.167. The predicted octanol–water partition coefficient (Wildman–Crippen LogP) is 2.32. The number of nitrogens with one attached hydrogen (secondary N) is 3. The molecule has 0 spiro atoms. The van der Waals surface area contributed by atoms with Gasteiger partial charge in [-0.25, -0.2) is 9.37 Å². The molecule has 26 heavy (non-hydrogen) atoms. The number of imidazole rings is 1. The first kappa shape index (κ1) is 16.2. The standard InChI is InChI=1S/C18H17FN6O/c19-11-3-5-13-15(9-11)23-17(22-13)16-12-4-2-10(8-14(12)24-25-16)18(26)21-7-1-6-20/h2-5,8-9H,1,6-7,20H2,(H,21,26)(H,22,23)(H,24,25). The number of amides is 1. The Labute approximate surface area is 147 Å². The van der Waals surface area contributed by atoms with Crippen molar-refractivity contribution in [1.29, 1.82) is 0 Å². The van der Waals surface area contributed by atoms with Crippen LogP contribution in [0.1, 0.15) is 16.8 Å². The Morgan fingerprint density at radius 2 is 2.08 bits per heavy atom. The Kier molecular flexibility index (Phi) is 4.10. The van der Waals surface area contributed by atoms with E-state index in [4.69, 9.17) is 5.73 Å². The lowest BCUT2D eigenvalue weighted by atomic mass is 10.1. The summed E-state index contributed by atoms with van der Waals surface area (Å²) >= 11 is 0. The Morgan fingerprint density at radius 1 is 1.19 bits per heavy atom. The third kappa shape index (κ3) is 2.91. The van der Waals surface area contributed by atoms with E-state index in [0.29, 0.717) is 41.2 Å². The van der Waals surface area contributed by atoms with Crippen molar-refractivity contribution in [1.82, 2.24) is 25.5 Å². The average molecular weight is 352 g/mol. The number of benzene rings is 2. The minimum absolute atomic E-state index is 0.157. The van der Waals surface area contributed by atoms with E-state index >= 15 is 0 Å². The van der Waals surface area contributed by atoms with Crippen molar-refractivity contribution >= 4 is 27.8 Å². The highest BCUT2D eigenvalue weighted by Gasteiger charge is 2.14. The zero-order valence-electron chi connectivity index (χ0n) is 13.8. The van der Waals surface area contributed by atoms with Gasteiger partial charge in [-0.3, -0.25) is 9.89 Å². The summed E-state index contributed by atoms with van der Waals surface area (Å²) in [5.41, 5.74) is 8.57. The van der Waals surface area contributed by atoms with Crippen molar-refractivity contribution in [2.75, 3.05) is 13.1 Å². The van der Waals surface area contributed by atoms with Gasteiger partial charge in [-0.05, 0) is 49.4 Å². The van der Waals surface area contributed by atoms with Crippen LogP contribution in [0.25, 0.3) is 33.5 Å². The maximum Gasteiger partial charge on any atom is 0.251 e. The molecule has 132 valence electrons. The number of halogens is 1. The zero-order chi connectivity index (χ0) is 18.1. The molecule has 2 aromatic heterocycles. The van der Waals surface area contributed by atoms with Gasteiger partial charge in [-0.15, -0.1) is 0 Å². The summed E-state index contributed by atoms with van der Waals surface area (Å²) in [4.78, 5) is 19.7. The van der Waals surface area contributed by atoms with E-state index in [2.05, 4.69) is 25.5 Å². The number of aromatic amines is 2. The molecule has 5 N–H and O–H groups in total. The molecular formula is C18H17FN6O. The zero-order valence-corrected chi connectivity index (χ0v) is 13.8. The van der Waals surface area contributed by atoms with Crippen molar-refractivity contribution < 1.29 is 9.18 Å². The van der Waals surface area contributed by atoms with E-state index in [-0.39, 0.29) is 11.7 Å². The highest BCUT2D eigenvalue weighted by atomic mass is 19.1. The first-order chi connectivity index (χ1) is 12.7. The summed E-state index contributed by atoms with van der Waals surface area (Å²) in [6.45, 7) is 1.07. The number of aromatic nitrogens is 4. The van der Waals surface area contributed by atoms with E-state index in [0.717, 1.165) is 17.3 Å². The molecule has 0 bridgehead atoms. The molecule has 0 saturated heterocycles. The average Bonchev–Trinajstić information content (AvgIpc) is 3.24. The van der Waals surface area contributed by atoms with Crippen LogP contribution in [0.3, 0.4) is 0 Å². The molecule has 7 nitrogen and oxygen atoms in total. The van der Waals surface area contributed by atoms with Gasteiger partial charge in [0.05, 0.1) is 16.6 Å². The first-order valence-corrected chi connectivity index (χ1v) is 8.28.